The molecule has 0 bridgehead atoms. The molecule has 1 aromatic carbocycles. The Balaban J connectivity index is 2.46. The fourth-order valence-corrected chi connectivity index (χ4v) is 1.61. The van der Waals surface area contributed by atoms with Crippen molar-refractivity contribution in [2.75, 3.05) is 6.54 Å². The van der Waals surface area contributed by atoms with E-state index < -0.39 is 11.8 Å². The molecule has 1 aromatic rings. The Hall–Kier alpha value is -1.42. The number of hydrogen-bond donors (Lipinski definition) is 2. The minimum Gasteiger partial charge on any atom is -0.478 e. The maximum atomic E-state index is 13.2. The number of carbonyl (C=O) groups is 1. The molecule has 14 heavy (non-hydrogen) atoms. The molecule has 0 aromatic heterocycles. The number of aromatic carboxylic acids is 1. The van der Waals surface area contributed by atoms with Gasteiger partial charge in [-0.1, -0.05) is 12.1 Å². The molecule has 1 saturated heterocycles. The van der Waals surface area contributed by atoms with Crippen molar-refractivity contribution in [2.24, 2.45) is 0 Å². The minimum atomic E-state index is -1.20. The van der Waals surface area contributed by atoms with Crippen LogP contribution in [-0.4, -0.2) is 17.6 Å². The van der Waals surface area contributed by atoms with Crippen LogP contribution in [0.5, 0.6) is 0 Å². The predicted octanol–water partition coefficient (Wildman–Crippen LogP) is 1.56. The maximum Gasteiger partial charge on any atom is 0.339 e. The zero-order valence-electron chi connectivity index (χ0n) is 7.46. The molecule has 0 amide bonds. The molecule has 0 radical (unpaired) electrons. The standard InChI is InChI=1S/C10H10FNO2/c11-7-3-1-2-6(8-4-5-12-8)9(7)10(13)14/h1-3,8,12H,4-5H2,(H,13,14)/t8-/m0/s1. The Bertz CT molecular complexity index is 374. The SMILES string of the molecule is O=C(O)c1c(F)cccc1[C@@H]1CCN1. The minimum absolute atomic E-state index is 0.00296. The van der Waals surface area contributed by atoms with Crippen LogP contribution in [0.2, 0.25) is 0 Å². The van der Waals surface area contributed by atoms with Gasteiger partial charge >= 0.3 is 5.97 Å². The number of nitrogens with one attached hydrogen (secondary N) is 1. The van der Waals surface area contributed by atoms with Crippen molar-refractivity contribution in [2.45, 2.75) is 12.5 Å². The number of halogens is 1. The first-order chi connectivity index (χ1) is 6.70. The van der Waals surface area contributed by atoms with Crippen molar-refractivity contribution < 1.29 is 14.3 Å². The molecule has 3 nitrogen and oxygen atoms in total. The number of rotatable bonds is 2. The molecular formula is C10H10FNO2. The summed E-state index contributed by atoms with van der Waals surface area (Å²) in [7, 11) is 0. The normalized spacial score (nSPS) is 20.2. The fourth-order valence-electron chi connectivity index (χ4n) is 1.61. The van der Waals surface area contributed by atoms with Crippen LogP contribution in [0.3, 0.4) is 0 Å². The van der Waals surface area contributed by atoms with Gasteiger partial charge < -0.3 is 10.4 Å². The zero-order chi connectivity index (χ0) is 10.1. The number of carboxylic acid groups (broad SMARTS) is 1. The first kappa shape index (κ1) is 9.15. The summed E-state index contributed by atoms with van der Waals surface area (Å²) in [5.41, 5.74) is 0.341. The summed E-state index contributed by atoms with van der Waals surface area (Å²) in [4.78, 5) is 10.8. The van der Waals surface area contributed by atoms with Gasteiger partial charge in [-0.05, 0) is 24.6 Å². The fraction of sp³-hybridized carbons (Fsp3) is 0.300. The summed E-state index contributed by atoms with van der Waals surface area (Å²) in [6, 6.07) is 4.36. The van der Waals surface area contributed by atoms with Crippen molar-refractivity contribution >= 4 is 5.97 Å². The van der Waals surface area contributed by atoms with Crippen LogP contribution in [0, 0.1) is 5.82 Å². The van der Waals surface area contributed by atoms with E-state index in [2.05, 4.69) is 5.32 Å². The summed E-state index contributed by atoms with van der Waals surface area (Å²) in [6.07, 6.45) is 0.865. The molecule has 4 heteroatoms. The molecule has 1 atom stereocenters. The van der Waals surface area contributed by atoms with Crippen LogP contribution in [0.15, 0.2) is 18.2 Å². The smallest absolute Gasteiger partial charge is 0.339 e. The van der Waals surface area contributed by atoms with Crippen LogP contribution >= 0.6 is 0 Å². The van der Waals surface area contributed by atoms with Gasteiger partial charge in [-0.2, -0.15) is 0 Å². The van der Waals surface area contributed by atoms with Crippen LogP contribution in [0.1, 0.15) is 28.4 Å². The second-order valence-corrected chi connectivity index (χ2v) is 3.30. The highest BCUT2D eigenvalue weighted by atomic mass is 19.1. The highest BCUT2D eigenvalue weighted by Gasteiger charge is 2.25. The van der Waals surface area contributed by atoms with Crippen molar-refractivity contribution in [1.29, 1.82) is 0 Å². The van der Waals surface area contributed by atoms with Crippen molar-refractivity contribution in [1.82, 2.24) is 5.32 Å². The Morgan fingerprint density at radius 2 is 2.29 bits per heavy atom. The van der Waals surface area contributed by atoms with E-state index in [0.717, 1.165) is 13.0 Å². The lowest BCUT2D eigenvalue weighted by Crippen LogP contribution is -2.36. The number of benzene rings is 1. The van der Waals surface area contributed by atoms with Gasteiger partial charge in [0, 0.05) is 6.04 Å². The molecule has 1 fully saturated rings. The monoisotopic (exact) mass is 195 g/mol. The molecule has 2 rings (SSSR count). The average Bonchev–Trinajstić information content (AvgIpc) is 1.99. The van der Waals surface area contributed by atoms with Gasteiger partial charge in [-0.25, -0.2) is 9.18 Å². The first-order valence-electron chi connectivity index (χ1n) is 4.45. The molecule has 1 heterocycles. The van der Waals surface area contributed by atoms with Crippen molar-refractivity contribution in [3.63, 3.8) is 0 Å². The Morgan fingerprint density at radius 1 is 1.57 bits per heavy atom. The van der Waals surface area contributed by atoms with Gasteiger partial charge in [0.15, 0.2) is 0 Å². The van der Waals surface area contributed by atoms with E-state index in [4.69, 9.17) is 5.11 Å². The molecule has 0 spiro atoms. The lowest BCUT2D eigenvalue weighted by molar-refractivity contribution is 0.0689. The van der Waals surface area contributed by atoms with Gasteiger partial charge in [0.2, 0.25) is 0 Å². The van der Waals surface area contributed by atoms with Crippen molar-refractivity contribution in [3.05, 3.63) is 35.1 Å². The quantitative estimate of drug-likeness (QED) is 0.752. The Morgan fingerprint density at radius 3 is 2.79 bits per heavy atom. The molecule has 0 unspecified atom stereocenters. The lowest BCUT2D eigenvalue weighted by Gasteiger charge is -2.29. The van der Waals surface area contributed by atoms with Gasteiger partial charge in [-0.15, -0.1) is 0 Å². The summed E-state index contributed by atoms with van der Waals surface area (Å²) in [5, 5.41) is 11.9. The van der Waals surface area contributed by atoms with Gasteiger partial charge in [0.25, 0.3) is 0 Å². The van der Waals surface area contributed by atoms with Gasteiger partial charge in [-0.3, -0.25) is 0 Å². The van der Waals surface area contributed by atoms with Crippen LogP contribution in [0.4, 0.5) is 4.39 Å². The predicted molar refractivity (Wildman–Crippen MR) is 48.7 cm³/mol. The topological polar surface area (TPSA) is 49.3 Å². The second kappa shape index (κ2) is 3.38. The van der Waals surface area contributed by atoms with Gasteiger partial charge in [0.1, 0.15) is 5.82 Å². The summed E-state index contributed by atoms with van der Waals surface area (Å²) in [5.74, 6) is -1.87. The van der Waals surface area contributed by atoms with Gasteiger partial charge in [0.05, 0.1) is 5.56 Å². The van der Waals surface area contributed by atoms with E-state index >= 15 is 0 Å². The zero-order valence-corrected chi connectivity index (χ0v) is 7.46. The number of carboxylic acids is 1. The molecule has 0 saturated carbocycles. The van der Waals surface area contributed by atoms with E-state index in [1.165, 1.54) is 12.1 Å². The van der Waals surface area contributed by atoms with E-state index in [-0.39, 0.29) is 11.6 Å². The summed E-state index contributed by atoms with van der Waals surface area (Å²) >= 11 is 0. The molecule has 0 aliphatic carbocycles. The Labute approximate surface area is 80.6 Å². The molecular weight excluding hydrogens is 185 g/mol. The third-order valence-electron chi connectivity index (χ3n) is 2.46. The highest BCUT2D eigenvalue weighted by molar-refractivity contribution is 5.90. The maximum absolute atomic E-state index is 13.2. The van der Waals surface area contributed by atoms with Crippen LogP contribution in [0.25, 0.3) is 0 Å². The third-order valence-corrected chi connectivity index (χ3v) is 2.46. The largest absolute Gasteiger partial charge is 0.478 e. The molecule has 74 valence electrons. The van der Waals surface area contributed by atoms with Crippen LogP contribution in [-0.2, 0) is 0 Å². The molecule has 1 aliphatic heterocycles. The van der Waals surface area contributed by atoms with Crippen molar-refractivity contribution in [3.8, 4) is 0 Å². The van der Waals surface area contributed by atoms with E-state index in [1.54, 1.807) is 6.07 Å². The average molecular weight is 195 g/mol. The lowest BCUT2D eigenvalue weighted by atomic mass is 9.93. The van der Waals surface area contributed by atoms with E-state index in [1.807, 2.05) is 0 Å². The highest BCUT2D eigenvalue weighted by Crippen LogP contribution is 2.27. The second-order valence-electron chi connectivity index (χ2n) is 3.30. The van der Waals surface area contributed by atoms with E-state index in [0.29, 0.717) is 5.56 Å². The first-order valence-corrected chi connectivity index (χ1v) is 4.45. The summed E-state index contributed by atoms with van der Waals surface area (Å²) < 4.78 is 13.2. The Kier molecular flexibility index (Phi) is 2.21. The third kappa shape index (κ3) is 1.37. The number of hydrogen-bond acceptors (Lipinski definition) is 2. The molecule has 1 aliphatic rings. The van der Waals surface area contributed by atoms with E-state index in [9.17, 15) is 9.18 Å². The molecule has 2 N–H and O–H groups in total. The van der Waals surface area contributed by atoms with Crippen LogP contribution < -0.4 is 5.32 Å². The summed E-state index contributed by atoms with van der Waals surface area (Å²) in [6.45, 7) is 0.861.